The number of amides is 2. The average Bonchev–Trinajstić information content (AvgIpc) is 3.58. The van der Waals surface area contributed by atoms with E-state index in [1.807, 2.05) is 49.9 Å². The van der Waals surface area contributed by atoms with Gasteiger partial charge >= 0.3 is 6.09 Å². The Morgan fingerprint density at radius 3 is 2.65 bits per heavy atom. The summed E-state index contributed by atoms with van der Waals surface area (Å²) >= 11 is 1.79. The van der Waals surface area contributed by atoms with Crippen molar-refractivity contribution in [3.63, 3.8) is 0 Å². The van der Waals surface area contributed by atoms with Gasteiger partial charge in [-0.25, -0.2) is 4.48 Å². The van der Waals surface area contributed by atoms with Gasteiger partial charge in [0.2, 0.25) is 5.91 Å². The highest BCUT2D eigenvalue weighted by Crippen LogP contribution is 2.31. The number of nitrogens with zero attached hydrogens (tertiary/aromatic N) is 4. The maximum atomic E-state index is 13.6. The van der Waals surface area contributed by atoms with E-state index in [4.69, 9.17) is 9.15 Å². The van der Waals surface area contributed by atoms with Crippen LogP contribution in [0.15, 0.2) is 28.7 Å². The largest absolute Gasteiger partial charge is 0.516 e. The number of fused-ring (bicyclic) bond motifs is 1. The van der Waals surface area contributed by atoms with E-state index in [0.717, 1.165) is 29.3 Å². The summed E-state index contributed by atoms with van der Waals surface area (Å²) in [6, 6.07) is 8.07. The van der Waals surface area contributed by atoms with E-state index in [0.29, 0.717) is 45.2 Å². The smallest absolute Gasteiger partial charge is 0.423 e. The van der Waals surface area contributed by atoms with Gasteiger partial charge in [0.05, 0.1) is 25.0 Å². The second-order valence-corrected chi connectivity index (χ2v) is 11.5. The molecule has 9 nitrogen and oxygen atoms in total. The van der Waals surface area contributed by atoms with E-state index in [9.17, 15) is 9.59 Å². The van der Waals surface area contributed by atoms with Crippen LogP contribution in [-0.4, -0.2) is 95.0 Å². The molecule has 2 aromatic rings. The van der Waals surface area contributed by atoms with Crippen molar-refractivity contribution in [1.82, 2.24) is 15.2 Å². The number of hydrogen-bond donors (Lipinski definition) is 1. The Labute approximate surface area is 204 Å². The molecule has 10 heteroatoms. The normalized spacial score (nSPS) is 25.1. The zero-order chi connectivity index (χ0) is 23.9. The van der Waals surface area contributed by atoms with Crippen LogP contribution in [0.3, 0.4) is 0 Å². The number of para-hydroxylation sites is 2. The molecule has 0 radical (unpaired) electrons. The van der Waals surface area contributed by atoms with Crippen LogP contribution in [0.4, 0.5) is 10.8 Å². The lowest BCUT2D eigenvalue weighted by Gasteiger charge is -2.45. The highest BCUT2D eigenvalue weighted by Gasteiger charge is 2.53. The molecule has 0 saturated carbocycles. The maximum absolute atomic E-state index is 13.6. The minimum Gasteiger partial charge on any atom is -0.423 e. The van der Waals surface area contributed by atoms with E-state index in [1.54, 1.807) is 11.8 Å². The first-order chi connectivity index (χ1) is 16.2. The standard InChI is InChI=1S/C24H34N5O4S/c1-24(2,3)33-23(31)29(17-14-19(25-15-17)21(30)28-10-13-34-16-28)11-8-27(9-12-29)22-26-18-6-4-5-7-20(18)32-22/h4-7,17,19,25H,8-16H2,1-3H3/q+1/t17-,19-/m0/s1. The Morgan fingerprint density at radius 2 is 1.97 bits per heavy atom. The van der Waals surface area contributed by atoms with Crippen molar-refractivity contribution in [2.75, 3.05) is 55.8 Å². The number of piperazine rings is 1. The van der Waals surface area contributed by atoms with Gasteiger partial charge in [0.25, 0.3) is 6.01 Å². The quantitative estimate of drug-likeness (QED) is 0.660. The molecule has 4 heterocycles. The number of anilines is 1. The number of hydrogen-bond acceptors (Lipinski definition) is 8. The summed E-state index contributed by atoms with van der Waals surface area (Å²) in [5, 5.41) is 3.42. The summed E-state index contributed by atoms with van der Waals surface area (Å²) < 4.78 is 12.1. The van der Waals surface area contributed by atoms with Crippen LogP contribution >= 0.6 is 11.8 Å². The van der Waals surface area contributed by atoms with Gasteiger partial charge in [0.1, 0.15) is 30.2 Å². The van der Waals surface area contributed by atoms with Crippen LogP contribution in [-0.2, 0) is 9.53 Å². The third-order valence-corrected chi connectivity index (χ3v) is 7.98. The monoisotopic (exact) mass is 488 g/mol. The first-order valence-corrected chi connectivity index (χ1v) is 13.2. The van der Waals surface area contributed by atoms with Crippen LogP contribution in [0.2, 0.25) is 0 Å². The summed E-state index contributed by atoms with van der Waals surface area (Å²) in [7, 11) is 0. The molecule has 1 aromatic carbocycles. The first-order valence-electron chi connectivity index (χ1n) is 12.1. The molecule has 34 heavy (non-hydrogen) atoms. The zero-order valence-electron chi connectivity index (χ0n) is 20.2. The highest BCUT2D eigenvalue weighted by atomic mass is 32.2. The van der Waals surface area contributed by atoms with Gasteiger partial charge in [-0.05, 0) is 32.9 Å². The number of thioether (sulfide) groups is 1. The number of carbonyl (C=O) groups excluding carboxylic acids is 2. The predicted molar refractivity (Wildman–Crippen MR) is 132 cm³/mol. The van der Waals surface area contributed by atoms with Crippen molar-refractivity contribution in [1.29, 1.82) is 0 Å². The van der Waals surface area contributed by atoms with Gasteiger partial charge in [-0.1, -0.05) is 12.1 Å². The van der Waals surface area contributed by atoms with E-state index >= 15 is 0 Å². The lowest BCUT2D eigenvalue weighted by molar-refractivity contribution is -0.881. The molecule has 0 aliphatic carbocycles. The van der Waals surface area contributed by atoms with Gasteiger partial charge in [-0.2, -0.15) is 9.78 Å². The topological polar surface area (TPSA) is 87.9 Å². The number of nitrogens with one attached hydrogen (secondary N) is 1. The van der Waals surface area contributed by atoms with Gasteiger partial charge in [0, 0.05) is 25.3 Å². The molecule has 0 unspecified atom stereocenters. The number of aromatic nitrogens is 1. The van der Waals surface area contributed by atoms with Crippen LogP contribution in [0.5, 0.6) is 0 Å². The van der Waals surface area contributed by atoms with Crippen LogP contribution < -0.4 is 10.2 Å². The van der Waals surface area contributed by atoms with Crippen molar-refractivity contribution in [2.24, 2.45) is 0 Å². The summed E-state index contributed by atoms with van der Waals surface area (Å²) in [5.74, 6) is 1.90. The molecule has 3 aliphatic heterocycles. The Balaban J connectivity index is 1.34. The third kappa shape index (κ3) is 4.50. The van der Waals surface area contributed by atoms with Crippen LogP contribution in [0.1, 0.15) is 27.2 Å². The molecule has 3 aliphatic rings. The molecule has 2 amide bonds. The van der Waals surface area contributed by atoms with E-state index in [2.05, 4.69) is 15.2 Å². The molecule has 1 aromatic heterocycles. The van der Waals surface area contributed by atoms with E-state index in [1.165, 1.54) is 0 Å². The molecule has 3 fully saturated rings. The molecule has 3 saturated heterocycles. The molecule has 1 N–H and O–H groups in total. The van der Waals surface area contributed by atoms with Gasteiger partial charge < -0.3 is 19.0 Å². The number of carbonyl (C=O) groups is 2. The summed E-state index contributed by atoms with van der Waals surface area (Å²) in [6.45, 7) is 9.56. The highest BCUT2D eigenvalue weighted by molar-refractivity contribution is 7.99. The van der Waals surface area contributed by atoms with Gasteiger partial charge in [0.15, 0.2) is 5.58 Å². The minimum atomic E-state index is -0.576. The zero-order valence-corrected chi connectivity index (χ0v) is 21.0. The van der Waals surface area contributed by atoms with Crippen molar-refractivity contribution in [2.45, 2.75) is 44.9 Å². The number of ether oxygens (including phenoxy) is 1. The van der Waals surface area contributed by atoms with Crippen molar-refractivity contribution in [3.8, 4) is 0 Å². The first kappa shape index (κ1) is 23.4. The average molecular weight is 489 g/mol. The predicted octanol–water partition coefficient (Wildman–Crippen LogP) is 2.66. The number of rotatable bonds is 3. The fourth-order valence-electron chi connectivity index (χ4n) is 5.15. The molecular weight excluding hydrogens is 454 g/mol. The van der Waals surface area contributed by atoms with E-state index in [-0.39, 0.29) is 28.6 Å². The molecule has 0 bridgehead atoms. The lowest BCUT2D eigenvalue weighted by Crippen LogP contribution is -2.68. The fourth-order valence-corrected chi connectivity index (χ4v) is 6.10. The van der Waals surface area contributed by atoms with Crippen LogP contribution in [0.25, 0.3) is 11.1 Å². The fraction of sp³-hybridized carbons (Fsp3) is 0.625. The number of oxazole rings is 1. The van der Waals surface area contributed by atoms with Crippen molar-refractivity contribution < 1.29 is 23.2 Å². The van der Waals surface area contributed by atoms with Crippen molar-refractivity contribution >= 4 is 40.9 Å². The van der Waals surface area contributed by atoms with Gasteiger partial charge in [-0.15, -0.1) is 11.8 Å². The molecule has 184 valence electrons. The van der Waals surface area contributed by atoms with Gasteiger partial charge in [-0.3, -0.25) is 10.1 Å². The summed E-state index contributed by atoms with van der Waals surface area (Å²) in [5.41, 5.74) is 1.02. The Hall–Kier alpha value is -2.30. The molecule has 5 rings (SSSR count). The minimum absolute atomic E-state index is 0.00941. The number of quaternary nitrogens is 1. The molecular formula is C24H34N5O4S+. The van der Waals surface area contributed by atoms with E-state index < -0.39 is 5.60 Å². The van der Waals surface area contributed by atoms with Crippen LogP contribution in [0, 0.1) is 0 Å². The maximum Gasteiger partial charge on any atom is 0.516 e. The lowest BCUT2D eigenvalue weighted by atomic mass is 10.1. The number of benzene rings is 1. The second kappa shape index (κ2) is 9.05. The Morgan fingerprint density at radius 1 is 1.21 bits per heavy atom. The Kier molecular flexibility index (Phi) is 6.24. The third-order valence-electron chi connectivity index (χ3n) is 7.02. The summed E-state index contributed by atoms with van der Waals surface area (Å²) in [4.78, 5) is 35.3. The molecule has 2 atom stereocenters. The summed E-state index contributed by atoms with van der Waals surface area (Å²) in [6.07, 6.45) is 0.434. The SMILES string of the molecule is CC(C)(C)OC(=O)[N+]1([C@@H]2CN[C@H](C(=O)N3CCSC3)C2)CCN(c2nc3ccccc3o2)CC1. The Bertz CT molecular complexity index is 1020. The van der Waals surface area contributed by atoms with Crippen molar-refractivity contribution in [3.05, 3.63) is 24.3 Å². The molecule has 0 spiro atoms. The second-order valence-electron chi connectivity index (χ2n) is 10.4.